The van der Waals surface area contributed by atoms with Gasteiger partial charge in [-0.1, -0.05) is 182 Å². The summed E-state index contributed by atoms with van der Waals surface area (Å²) in [6.07, 6.45) is 0. The van der Waals surface area contributed by atoms with Crippen molar-refractivity contribution in [2.45, 2.75) is 0 Å². The molecule has 0 N–H and O–H groups in total. The Morgan fingerprint density at radius 3 is 0.791 bits per heavy atom. The van der Waals surface area contributed by atoms with Gasteiger partial charge in [0.1, 0.15) is 0 Å². The Hall–Kier alpha value is -9.20. The Balaban J connectivity index is 1.06. The van der Waals surface area contributed by atoms with Crippen molar-refractivity contribution in [1.82, 2.24) is 4.90 Å². The second-order valence-corrected chi connectivity index (χ2v) is 17.4. The van der Waals surface area contributed by atoms with Crippen LogP contribution < -0.4 is 0 Å². The Bertz CT molecular complexity index is 4000. The van der Waals surface area contributed by atoms with Crippen LogP contribution in [0.4, 0.5) is 0 Å². The second-order valence-electron chi connectivity index (χ2n) is 17.4. The van der Waals surface area contributed by atoms with Gasteiger partial charge in [-0.15, -0.1) is 0 Å². The molecule has 12 aromatic rings. The normalized spacial score (nSPS) is 14.8. The molecule has 0 aromatic heterocycles. The number of aliphatic imine (C=N–C) groups is 6. The third-order valence-corrected chi connectivity index (χ3v) is 13.8. The van der Waals surface area contributed by atoms with Crippen LogP contribution in [0.15, 0.2) is 230 Å². The minimum atomic E-state index is 0.407. The van der Waals surface area contributed by atoms with Crippen LogP contribution in [0.1, 0.15) is 16.7 Å². The highest BCUT2D eigenvalue weighted by Gasteiger charge is 2.37. The molecular formula is C60H33N7. The number of amidine groups is 3. The Kier molecular flexibility index (Phi) is 7.37. The van der Waals surface area contributed by atoms with Crippen molar-refractivity contribution < 1.29 is 0 Å². The summed E-state index contributed by atoms with van der Waals surface area (Å²) in [5, 5.41) is 20.0. The van der Waals surface area contributed by atoms with Crippen LogP contribution in [0, 0.1) is 0 Å². The van der Waals surface area contributed by atoms with Gasteiger partial charge in [-0.2, -0.15) is 30.0 Å². The first-order valence-corrected chi connectivity index (χ1v) is 22.5. The third kappa shape index (κ3) is 5.28. The van der Waals surface area contributed by atoms with E-state index in [0.717, 1.165) is 81.3 Å². The molecular weight excluding hydrogens is 819 g/mol. The summed E-state index contributed by atoms with van der Waals surface area (Å²) in [5.41, 5.74) is 2.76. The second kappa shape index (κ2) is 13.7. The van der Waals surface area contributed by atoms with Crippen LogP contribution in [0.2, 0.25) is 0 Å². The molecule has 3 heterocycles. The number of benzene rings is 12. The molecule has 0 bridgehead atoms. The Labute approximate surface area is 382 Å². The van der Waals surface area contributed by atoms with E-state index in [9.17, 15) is 0 Å². The lowest BCUT2D eigenvalue weighted by molar-refractivity contribution is 0.829. The van der Waals surface area contributed by atoms with Crippen molar-refractivity contribution in [3.63, 3.8) is 0 Å². The molecule has 7 nitrogen and oxygen atoms in total. The number of rotatable bonds is 3. The Morgan fingerprint density at radius 1 is 0.209 bits per heavy atom. The van der Waals surface area contributed by atoms with Crippen molar-refractivity contribution in [3.05, 3.63) is 217 Å². The number of hydrogen-bond acceptors (Lipinski definition) is 7. The molecule has 12 aromatic carbocycles. The molecule has 0 radical (unpaired) electrons. The summed E-state index contributed by atoms with van der Waals surface area (Å²) in [5.74, 6) is 2.79. The Morgan fingerprint density at radius 2 is 0.478 bits per heavy atom. The summed E-state index contributed by atoms with van der Waals surface area (Å²) in [6, 6.07) is 71.1. The summed E-state index contributed by atoms with van der Waals surface area (Å²) in [7, 11) is 0. The van der Waals surface area contributed by atoms with Crippen molar-refractivity contribution in [3.8, 4) is 0 Å². The van der Waals surface area contributed by atoms with Crippen LogP contribution in [0.25, 0.3) is 97.0 Å². The van der Waals surface area contributed by atoms with E-state index in [-0.39, 0.29) is 0 Å². The fourth-order valence-corrected chi connectivity index (χ4v) is 10.8. The van der Waals surface area contributed by atoms with Crippen LogP contribution in [0.5, 0.6) is 0 Å². The fourth-order valence-electron chi connectivity index (χ4n) is 10.8. The maximum absolute atomic E-state index is 5.43. The van der Waals surface area contributed by atoms with E-state index in [4.69, 9.17) is 30.0 Å². The van der Waals surface area contributed by atoms with Crippen molar-refractivity contribution in [1.29, 1.82) is 0 Å². The van der Waals surface area contributed by atoms with Gasteiger partial charge in [0.05, 0.1) is 0 Å². The zero-order valence-electron chi connectivity index (χ0n) is 35.7. The van der Waals surface area contributed by atoms with Gasteiger partial charge in [0, 0.05) is 16.7 Å². The fraction of sp³-hybridized carbons (Fsp3) is 0. The first kappa shape index (κ1) is 36.2. The standard InChI is InChI=1S/C60H33N7/c1-7-19-40-34(13-1)25-28-46-49(40)31-37-16-4-10-22-43(37)52(46)55-61-58-63-56(53-44-23-11-5-17-38(44)32-50-41-20-8-2-14-35(41)26-29-47(50)53)65-60-66-57(64-59(62-55)67(58)60)54-45-24-12-6-18-39(45)33-51-42-21-9-3-15-36(42)27-30-48(51)54/h1-33H. The van der Waals surface area contributed by atoms with Gasteiger partial charge >= 0.3 is 0 Å². The minimum absolute atomic E-state index is 0.407. The predicted octanol–water partition coefficient (Wildman–Crippen LogP) is 14.1. The summed E-state index contributed by atoms with van der Waals surface area (Å²) < 4.78 is 0. The summed E-state index contributed by atoms with van der Waals surface area (Å²) >= 11 is 0. The van der Waals surface area contributed by atoms with Gasteiger partial charge in [0.15, 0.2) is 17.5 Å². The minimum Gasteiger partial charge on any atom is -0.213 e. The lowest BCUT2D eigenvalue weighted by atomic mass is 9.92. The van der Waals surface area contributed by atoms with Crippen LogP contribution in [0.3, 0.4) is 0 Å². The lowest BCUT2D eigenvalue weighted by Gasteiger charge is -2.31. The molecule has 0 unspecified atom stereocenters. The molecule has 3 aliphatic heterocycles. The zero-order chi connectivity index (χ0) is 43.7. The third-order valence-electron chi connectivity index (χ3n) is 13.8. The van der Waals surface area contributed by atoms with Gasteiger partial charge in [0.2, 0.25) is 17.9 Å². The van der Waals surface area contributed by atoms with E-state index in [2.05, 4.69) is 200 Å². The monoisotopic (exact) mass is 851 g/mol. The van der Waals surface area contributed by atoms with Crippen LogP contribution in [-0.2, 0) is 0 Å². The predicted molar refractivity (Wildman–Crippen MR) is 281 cm³/mol. The first-order valence-electron chi connectivity index (χ1n) is 22.5. The molecule has 3 aliphatic rings. The van der Waals surface area contributed by atoms with E-state index in [0.29, 0.717) is 35.4 Å². The van der Waals surface area contributed by atoms with Crippen molar-refractivity contribution in [2.75, 3.05) is 0 Å². The number of fused-ring (bicyclic) bond motifs is 12. The number of guanidine groups is 3. The van der Waals surface area contributed by atoms with E-state index < -0.39 is 0 Å². The largest absolute Gasteiger partial charge is 0.243 e. The van der Waals surface area contributed by atoms with Gasteiger partial charge in [-0.25, -0.2) is 4.90 Å². The van der Waals surface area contributed by atoms with Crippen LogP contribution in [-0.4, -0.2) is 40.3 Å². The molecule has 0 amide bonds. The molecule has 15 rings (SSSR count). The molecule has 308 valence electrons. The lowest BCUT2D eigenvalue weighted by Crippen LogP contribution is -2.48. The number of nitrogens with zero attached hydrogens (tertiary/aromatic N) is 7. The zero-order valence-corrected chi connectivity index (χ0v) is 35.7. The van der Waals surface area contributed by atoms with E-state index in [1.54, 1.807) is 0 Å². The summed E-state index contributed by atoms with van der Waals surface area (Å²) in [6.45, 7) is 0. The van der Waals surface area contributed by atoms with E-state index in [1.807, 2.05) is 4.90 Å². The van der Waals surface area contributed by atoms with E-state index >= 15 is 0 Å². The molecule has 0 saturated heterocycles. The highest BCUT2D eigenvalue weighted by Crippen LogP contribution is 2.40. The van der Waals surface area contributed by atoms with Gasteiger partial charge in [-0.05, 0) is 115 Å². The SMILES string of the molecule is c1ccc2c(C3=NC4=NC(c5c6ccccc6cc6c5ccc5ccccc56)=NC5=NC(c6c7ccccc7cc7c6ccc6ccccc67)=NC(=N3)N45)c3ccc4ccccc4c3cc2c1. The number of hydrogen-bond donors (Lipinski definition) is 0. The van der Waals surface area contributed by atoms with Crippen molar-refractivity contribution >= 4 is 132 Å². The molecule has 67 heavy (non-hydrogen) atoms. The highest BCUT2D eigenvalue weighted by molar-refractivity contribution is 6.40. The van der Waals surface area contributed by atoms with Crippen molar-refractivity contribution in [2.24, 2.45) is 30.0 Å². The summed E-state index contributed by atoms with van der Waals surface area (Å²) in [4.78, 5) is 34.4. The molecule has 0 fully saturated rings. The maximum Gasteiger partial charge on any atom is 0.243 e. The maximum atomic E-state index is 5.43. The molecule has 0 atom stereocenters. The first-order chi connectivity index (χ1) is 33.2. The average Bonchev–Trinajstić information content (AvgIpc) is 3.38. The molecule has 7 heteroatoms. The van der Waals surface area contributed by atoms with Gasteiger partial charge < -0.3 is 0 Å². The smallest absolute Gasteiger partial charge is 0.213 e. The van der Waals surface area contributed by atoms with E-state index in [1.165, 1.54) is 32.3 Å². The average molecular weight is 852 g/mol. The molecule has 0 saturated carbocycles. The highest BCUT2D eigenvalue weighted by atomic mass is 15.5. The van der Waals surface area contributed by atoms with Crippen LogP contribution >= 0.6 is 0 Å². The van der Waals surface area contributed by atoms with Gasteiger partial charge in [-0.3, -0.25) is 0 Å². The quantitative estimate of drug-likeness (QED) is 0.129. The van der Waals surface area contributed by atoms with Gasteiger partial charge in [0.25, 0.3) is 0 Å². The molecule has 0 spiro atoms. The topological polar surface area (TPSA) is 77.4 Å². The molecule has 0 aliphatic carbocycles.